The quantitative estimate of drug-likeness (QED) is 0.827. The van der Waals surface area contributed by atoms with E-state index in [1.54, 1.807) is 0 Å². The van der Waals surface area contributed by atoms with E-state index in [1.807, 2.05) is 36.2 Å². The van der Waals surface area contributed by atoms with Gasteiger partial charge in [0.05, 0.1) is 5.41 Å². The summed E-state index contributed by atoms with van der Waals surface area (Å²) in [5.41, 5.74) is 7.32. The number of likely N-dealkylation sites (N-methyl/N-ethyl adjacent to an activating group) is 1. The van der Waals surface area contributed by atoms with Crippen molar-refractivity contribution >= 4 is 11.6 Å². The summed E-state index contributed by atoms with van der Waals surface area (Å²) in [6.45, 7) is 4.28. The van der Waals surface area contributed by atoms with Gasteiger partial charge < -0.3 is 10.6 Å². The summed E-state index contributed by atoms with van der Waals surface area (Å²) in [6, 6.07) is 8.13. The maximum atomic E-state index is 12.8. The van der Waals surface area contributed by atoms with Crippen LogP contribution in [0.25, 0.3) is 0 Å². The highest BCUT2D eigenvalue weighted by atomic mass is 16.2. The van der Waals surface area contributed by atoms with E-state index in [0.29, 0.717) is 6.04 Å². The van der Waals surface area contributed by atoms with Gasteiger partial charge in [0.1, 0.15) is 0 Å². The predicted octanol–water partition coefficient (Wildman–Crippen LogP) is 2.95. The maximum Gasteiger partial charge on any atom is 0.233 e. The molecule has 2 rings (SSSR count). The molecular weight excluding hydrogens is 236 g/mol. The van der Waals surface area contributed by atoms with Crippen molar-refractivity contribution in [3.8, 4) is 0 Å². The highest BCUT2D eigenvalue weighted by molar-refractivity contribution is 5.91. The summed E-state index contributed by atoms with van der Waals surface area (Å²) >= 11 is 0. The van der Waals surface area contributed by atoms with Crippen LogP contribution in [0.3, 0.4) is 0 Å². The number of hydrogen-bond acceptors (Lipinski definition) is 2. The molecule has 0 radical (unpaired) electrons. The fraction of sp³-hybridized carbons (Fsp3) is 0.562. The molecular formula is C16H24N2O. The van der Waals surface area contributed by atoms with Crippen LogP contribution in [0.15, 0.2) is 24.3 Å². The highest BCUT2D eigenvalue weighted by Crippen LogP contribution is 2.49. The largest absolute Gasteiger partial charge is 0.399 e. The Morgan fingerprint density at radius 1 is 1.26 bits per heavy atom. The van der Waals surface area contributed by atoms with E-state index in [0.717, 1.165) is 36.9 Å². The number of nitrogens with two attached hydrogens (primary N) is 1. The molecule has 0 aromatic heterocycles. The van der Waals surface area contributed by atoms with Gasteiger partial charge in [-0.2, -0.15) is 0 Å². The second-order valence-corrected chi connectivity index (χ2v) is 5.59. The molecule has 1 aromatic carbocycles. The van der Waals surface area contributed by atoms with Gasteiger partial charge in [0, 0.05) is 18.8 Å². The lowest BCUT2D eigenvalue weighted by molar-refractivity contribution is -0.134. The summed E-state index contributed by atoms with van der Waals surface area (Å²) in [4.78, 5) is 14.7. The van der Waals surface area contributed by atoms with Gasteiger partial charge in [-0.15, -0.1) is 0 Å². The molecule has 104 valence electrons. The lowest BCUT2D eigenvalue weighted by atomic mass is 9.93. The Kier molecular flexibility index (Phi) is 3.83. The van der Waals surface area contributed by atoms with Crippen molar-refractivity contribution in [3.05, 3.63) is 29.8 Å². The van der Waals surface area contributed by atoms with Crippen molar-refractivity contribution in [2.75, 3.05) is 12.8 Å². The second kappa shape index (κ2) is 5.24. The summed E-state index contributed by atoms with van der Waals surface area (Å²) < 4.78 is 0. The number of anilines is 1. The van der Waals surface area contributed by atoms with Crippen molar-refractivity contribution < 1.29 is 4.79 Å². The van der Waals surface area contributed by atoms with Crippen LogP contribution < -0.4 is 5.73 Å². The number of amides is 1. The van der Waals surface area contributed by atoms with Gasteiger partial charge in [-0.05, 0) is 43.4 Å². The van der Waals surface area contributed by atoms with E-state index >= 15 is 0 Å². The van der Waals surface area contributed by atoms with E-state index in [1.165, 1.54) is 0 Å². The number of nitrogen functional groups attached to an aromatic ring is 1. The minimum atomic E-state index is -0.273. The topological polar surface area (TPSA) is 46.3 Å². The summed E-state index contributed by atoms with van der Waals surface area (Å²) in [5.74, 6) is 0.269. The van der Waals surface area contributed by atoms with Crippen molar-refractivity contribution in [3.63, 3.8) is 0 Å². The summed E-state index contributed by atoms with van der Waals surface area (Å²) in [6.07, 6.45) is 3.94. The van der Waals surface area contributed by atoms with Crippen molar-refractivity contribution in [1.29, 1.82) is 0 Å². The van der Waals surface area contributed by atoms with Gasteiger partial charge in [-0.25, -0.2) is 0 Å². The minimum Gasteiger partial charge on any atom is -0.399 e. The van der Waals surface area contributed by atoms with Crippen LogP contribution in [0, 0.1) is 0 Å². The summed E-state index contributed by atoms with van der Waals surface area (Å²) in [5, 5.41) is 0. The van der Waals surface area contributed by atoms with E-state index in [4.69, 9.17) is 5.73 Å². The van der Waals surface area contributed by atoms with Gasteiger partial charge in [0.15, 0.2) is 0 Å². The van der Waals surface area contributed by atoms with Gasteiger partial charge in [-0.3, -0.25) is 4.79 Å². The molecule has 0 heterocycles. The standard InChI is InChI=1S/C16H24N2O/c1-4-14(5-2)18(3)15(19)16(10-11-16)12-6-8-13(17)9-7-12/h6-9,14H,4-5,10-11,17H2,1-3H3. The molecule has 1 aliphatic carbocycles. The molecule has 0 atom stereocenters. The molecule has 1 fully saturated rings. The monoisotopic (exact) mass is 260 g/mol. The first-order valence-corrected chi connectivity index (χ1v) is 7.18. The van der Waals surface area contributed by atoms with Crippen molar-refractivity contribution in [2.45, 2.75) is 51.0 Å². The maximum absolute atomic E-state index is 12.8. The molecule has 3 nitrogen and oxygen atoms in total. The van der Waals surface area contributed by atoms with Gasteiger partial charge >= 0.3 is 0 Å². The van der Waals surface area contributed by atoms with Crippen molar-refractivity contribution in [1.82, 2.24) is 4.90 Å². The van der Waals surface area contributed by atoms with Crippen LogP contribution in [-0.2, 0) is 10.2 Å². The predicted molar refractivity (Wildman–Crippen MR) is 78.9 cm³/mol. The highest BCUT2D eigenvalue weighted by Gasteiger charge is 2.52. The average Bonchev–Trinajstić information content (AvgIpc) is 3.21. The fourth-order valence-corrected chi connectivity index (χ4v) is 2.89. The zero-order valence-corrected chi connectivity index (χ0v) is 12.1. The summed E-state index contributed by atoms with van der Waals surface area (Å²) in [7, 11) is 1.94. The Morgan fingerprint density at radius 2 is 1.79 bits per heavy atom. The number of carbonyl (C=O) groups excluding carboxylic acids is 1. The Bertz CT molecular complexity index is 444. The third-order valence-electron chi connectivity index (χ3n) is 4.43. The van der Waals surface area contributed by atoms with Gasteiger partial charge in [-0.1, -0.05) is 26.0 Å². The number of hydrogen-bond donors (Lipinski definition) is 1. The third-order valence-corrected chi connectivity index (χ3v) is 4.43. The van der Waals surface area contributed by atoms with Crippen LogP contribution in [-0.4, -0.2) is 23.9 Å². The molecule has 1 amide bonds. The van der Waals surface area contributed by atoms with E-state index < -0.39 is 0 Å². The number of nitrogens with zero attached hydrogens (tertiary/aromatic N) is 1. The minimum absolute atomic E-state index is 0.269. The molecule has 2 N–H and O–H groups in total. The normalized spacial score (nSPS) is 16.4. The molecule has 0 spiro atoms. The molecule has 0 saturated heterocycles. The zero-order chi connectivity index (χ0) is 14.0. The fourth-order valence-electron chi connectivity index (χ4n) is 2.89. The molecule has 19 heavy (non-hydrogen) atoms. The SMILES string of the molecule is CCC(CC)N(C)C(=O)C1(c2ccc(N)cc2)CC1. The molecule has 3 heteroatoms. The van der Waals surface area contributed by atoms with E-state index in [9.17, 15) is 4.79 Å². The number of carbonyl (C=O) groups is 1. The lowest BCUT2D eigenvalue weighted by Gasteiger charge is -2.30. The first-order valence-electron chi connectivity index (χ1n) is 7.18. The first kappa shape index (κ1) is 13.9. The number of benzene rings is 1. The molecule has 1 aliphatic rings. The van der Waals surface area contributed by atoms with Gasteiger partial charge in [0.2, 0.25) is 5.91 Å². The smallest absolute Gasteiger partial charge is 0.233 e. The van der Waals surface area contributed by atoms with Crippen LogP contribution in [0.4, 0.5) is 5.69 Å². The van der Waals surface area contributed by atoms with Gasteiger partial charge in [0.25, 0.3) is 0 Å². The molecule has 0 bridgehead atoms. The first-order chi connectivity index (χ1) is 9.05. The Hall–Kier alpha value is -1.51. The second-order valence-electron chi connectivity index (χ2n) is 5.59. The molecule has 1 aromatic rings. The Morgan fingerprint density at radius 3 is 2.21 bits per heavy atom. The third kappa shape index (κ3) is 2.46. The lowest BCUT2D eigenvalue weighted by Crippen LogP contribution is -2.42. The van der Waals surface area contributed by atoms with E-state index in [2.05, 4.69) is 13.8 Å². The van der Waals surface area contributed by atoms with Crippen molar-refractivity contribution in [2.24, 2.45) is 0 Å². The average molecular weight is 260 g/mol. The van der Waals surface area contributed by atoms with Crippen LogP contribution in [0.5, 0.6) is 0 Å². The molecule has 0 aliphatic heterocycles. The Balaban J connectivity index is 2.20. The molecule has 1 saturated carbocycles. The Labute approximate surface area is 115 Å². The zero-order valence-electron chi connectivity index (χ0n) is 12.1. The van der Waals surface area contributed by atoms with Crippen LogP contribution in [0.1, 0.15) is 45.1 Å². The van der Waals surface area contributed by atoms with Crippen LogP contribution >= 0.6 is 0 Å². The van der Waals surface area contributed by atoms with E-state index in [-0.39, 0.29) is 11.3 Å². The number of rotatable bonds is 5. The van der Waals surface area contributed by atoms with Crippen LogP contribution in [0.2, 0.25) is 0 Å². The molecule has 0 unspecified atom stereocenters.